The molecule has 4 heteroatoms. The first-order chi connectivity index (χ1) is 9.65. The van der Waals surface area contributed by atoms with E-state index in [1.54, 1.807) is 0 Å². The standard InChI is InChI=1S/C16H22BrNO2/c1-18(12-13-7-10-20-11-8-13)9-6-16(19)14-2-4-15(17)5-3-14/h2-5,13H,6-12H2,1H3. The fourth-order valence-electron chi connectivity index (χ4n) is 2.53. The SMILES string of the molecule is CN(CCC(=O)c1ccc(Br)cc1)CC1CCOCC1. The van der Waals surface area contributed by atoms with Gasteiger partial charge in [-0.05, 0) is 37.9 Å². The third-order valence-electron chi connectivity index (χ3n) is 3.80. The molecule has 0 N–H and O–H groups in total. The fraction of sp³-hybridized carbons (Fsp3) is 0.562. The van der Waals surface area contributed by atoms with Crippen molar-refractivity contribution in [3.63, 3.8) is 0 Å². The van der Waals surface area contributed by atoms with E-state index in [0.29, 0.717) is 6.42 Å². The molecule has 3 nitrogen and oxygen atoms in total. The molecule has 0 saturated carbocycles. The molecule has 0 atom stereocenters. The normalized spacial score (nSPS) is 16.6. The highest BCUT2D eigenvalue weighted by Crippen LogP contribution is 2.16. The minimum atomic E-state index is 0.219. The highest BCUT2D eigenvalue weighted by Gasteiger charge is 2.16. The van der Waals surface area contributed by atoms with Gasteiger partial charge in [0.25, 0.3) is 0 Å². The van der Waals surface area contributed by atoms with Gasteiger partial charge >= 0.3 is 0 Å². The smallest absolute Gasteiger partial charge is 0.164 e. The minimum absolute atomic E-state index is 0.219. The molecule has 1 aliphatic rings. The van der Waals surface area contributed by atoms with Crippen LogP contribution in [0.3, 0.4) is 0 Å². The zero-order valence-electron chi connectivity index (χ0n) is 12.0. The van der Waals surface area contributed by atoms with Crippen LogP contribution < -0.4 is 0 Å². The Morgan fingerprint density at radius 3 is 2.60 bits per heavy atom. The Balaban J connectivity index is 1.73. The Bertz CT molecular complexity index is 427. The van der Waals surface area contributed by atoms with Crippen LogP contribution in [0.4, 0.5) is 0 Å². The van der Waals surface area contributed by atoms with Gasteiger partial charge in [-0.25, -0.2) is 0 Å². The maximum Gasteiger partial charge on any atom is 0.164 e. The van der Waals surface area contributed by atoms with Crippen molar-refractivity contribution in [1.82, 2.24) is 4.90 Å². The van der Waals surface area contributed by atoms with Crippen LogP contribution in [0.1, 0.15) is 29.6 Å². The van der Waals surface area contributed by atoms with Crippen molar-refractivity contribution in [3.05, 3.63) is 34.3 Å². The summed E-state index contributed by atoms with van der Waals surface area (Å²) in [5.74, 6) is 0.938. The second kappa shape index (κ2) is 7.91. The van der Waals surface area contributed by atoms with Crippen molar-refractivity contribution in [2.45, 2.75) is 19.3 Å². The second-order valence-corrected chi connectivity index (χ2v) is 6.41. The average molecular weight is 340 g/mol. The molecule has 1 aromatic carbocycles. The third-order valence-corrected chi connectivity index (χ3v) is 4.33. The van der Waals surface area contributed by atoms with Gasteiger partial charge < -0.3 is 9.64 Å². The van der Waals surface area contributed by atoms with E-state index in [9.17, 15) is 4.79 Å². The molecule has 110 valence electrons. The molecular formula is C16H22BrNO2. The molecule has 2 rings (SSSR count). The van der Waals surface area contributed by atoms with Crippen molar-refractivity contribution in [1.29, 1.82) is 0 Å². The number of Topliss-reactive ketones (excluding diaryl/α,β-unsaturated/α-hetero) is 1. The molecule has 0 unspecified atom stereocenters. The van der Waals surface area contributed by atoms with Crippen molar-refractivity contribution < 1.29 is 9.53 Å². The van der Waals surface area contributed by atoms with E-state index < -0.39 is 0 Å². The first kappa shape index (κ1) is 15.7. The van der Waals surface area contributed by atoms with E-state index in [1.807, 2.05) is 24.3 Å². The third kappa shape index (κ3) is 5.00. The van der Waals surface area contributed by atoms with E-state index in [-0.39, 0.29) is 5.78 Å². The molecule has 0 spiro atoms. The molecule has 1 aliphatic heterocycles. The number of hydrogen-bond acceptors (Lipinski definition) is 3. The van der Waals surface area contributed by atoms with E-state index in [0.717, 1.165) is 55.1 Å². The van der Waals surface area contributed by atoms with Crippen molar-refractivity contribution in [2.24, 2.45) is 5.92 Å². The first-order valence-corrected chi connectivity index (χ1v) is 7.99. The molecule has 1 heterocycles. The molecule has 0 bridgehead atoms. The summed E-state index contributed by atoms with van der Waals surface area (Å²) in [7, 11) is 2.10. The zero-order valence-corrected chi connectivity index (χ0v) is 13.6. The predicted molar refractivity (Wildman–Crippen MR) is 84.1 cm³/mol. The number of carbonyl (C=O) groups is 1. The van der Waals surface area contributed by atoms with Crippen LogP contribution in [0.2, 0.25) is 0 Å². The van der Waals surface area contributed by atoms with Gasteiger partial charge in [-0.1, -0.05) is 28.1 Å². The van der Waals surface area contributed by atoms with Gasteiger partial charge in [0.2, 0.25) is 0 Å². The number of halogens is 1. The molecule has 20 heavy (non-hydrogen) atoms. The minimum Gasteiger partial charge on any atom is -0.381 e. The van der Waals surface area contributed by atoms with E-state index >= 15 is 0 Å². The lowest BCUT2D eigenvalue weighted by Crippen LogP contribution is -2.31. The maximum atomic E-state index is 12.1. The first-order valence-electron chi connectivity index (χ1n) is 7.20. The van der Waals surface area contributed by atoms with Crippen LogP contribution in [-0.4, -0.2) is 44.0 Å². The lowest BCUT2D eigenvalue weighted by Gasteiger charge is -2.26. The Hall–Kier alpha value is -0.710. The Kier molecular flexibility index (Phi) is 6.20. The molecule has 1 fully saturated rings. The van der Waals surface area contributed by atoms with Crippen LogP contribution >= 0.6 is 15.9 Å². The summed E-state index contributed by atoms with van der Waals surface area (Å²) in [4.78, 5) is 14.4. The number of hydrogen-bond donors (Lipinski definition) is 0. The van der Waals surface area contributed by atoms with Gasteiger partial charge in [0.1, 0.15) is 0 Å². The molecule has 1 saturated heterocycles. The Labute approximate surface area is 129 Å². The Morgan fingerprint density at radius 2 is 1.95 bits per heavy atom. The van der Waals surface area contributed by atoms with Gasteiger partial charge in [0, 0.05) is 42.8 Å². The number of nitrogens with zero attached hydrogens (tertiary/aromatic N) is 1. The van der Waals surface area contributed by atoms with Crippen LogP contribution in [0.5, 0.6) is 0 Å². The summed E-state index contributed by atoms with van der Waals surface area (Å²) in [6, 6.07) is 7.59. The molecule has 0 aliphatic carbocycles. The second-order valence-electron chi connectivity index (χ2n) is 5.50. The van der Waals surface area contributed by atoms with Crippen molar-refractivity contribution in [3.8, 4) is 0 Å². The number of ether oxygens (including phenoxy) is 1. The zero-order chi connectivity index (χ0) is 14.4. The summed E-state index contributed by atoms with van der Waals surface area (Å²) >= 11 is 3.38. The topological polar surface area (TPSA) is 29.5 Å². The largest absolute Gasteiger partial charge is 0.381 e. The molecule has 0 aromatic heterocycles. The van der Waals surface area contributed by atoms with Crippen LogP contribution in [-0.2, 0) is 4.74 Å². The molecule has 0 amide bonds. The van der Waals surface area contributed by atoms with Gasteiger partial charge in [-0.2, -0.15) is 0 Å². The average Bonchev–Trinajstić information content (AvgIpc) is 2.46. The maximum absolute atomic E-state index is 12.1. The summed E-state index contributed by atoms with van der Waals surface area (Å²) in [5.41, 5.74) is 0.799. The van der Waals surface area contributed by atoms with Gasteiger partial charge in [0.05, 0.1) is 0 Å². The van der Waals surface area contributed by atoms with Crippen molar-refractivity contribution in [2.75, 3.05) is 33.4 Å². The summed E-state index contributed by atoms with van der Waals surface area (Å²) in [6.45, 7) is 3.66. The fourth-order valence-corrected chi connectivity index (χ4v) is 2.80. The highest BCUT2D eigenvalue weighted by atomic mass is 79.9. The van der Waals surface area contributed by atoms with E-state index in [1.165, 1.54) is 0 Å². The van der Waals surface area contributed by atoms with Crippen molar-refractivity contribution >= 4 is 21.7 Å². The van der Waals surface area contributed by atoms with Crippen LogP contribution in [0.25, 0.3) is 0 Å². The van der Waals surface area contributed by atoms with Gasteiger partial charge in [-0.3, -0.25) is 4.79 Å². The summed E-state index contributed by atoms with van der Waals surface area (Å²) < 4.78 is 6.38. The van der Waals surface area contributed by atoms with Gasteiger partial charge in [-0.15, -0.1) is 0 Å². The summed E-state index contributed by atoms with van der Waals surface area (Å²) in [6.07, 6.45) is 2.87. The quantitative estimate of drug-likeness (QED) is 0.744. The Morgan fingerprint density at radius 1 is 1.30 bits per heavy atom. The molecular weight excluding hydrogens is 318 g/mol. The monoisotopic (exact) mass is 339 g/mol. The molecule has 1 aromatic rings. The van der Waals surface area contributed by atoms with Gasteiger partial charge in [0.15, 0.2) is 5.78 Å². The number of rotatable bonds is 6. The lowest BCUT2D eigenvalue weighted by atomic mass is 9.99. The van der Waals surface area contributed by atoms with E-state index in [2.05, 4.69) is 27.9 Å². The predicted octanol–water partition coefficient (Wildman–Crippen LogP) is 3.38. The summed E-state index contributed by atoms with van der Waals surface area (Å²) in [5, 5.41) is 0. The lowest BCUT2D eigenvalue weighted by molar-refractivity contribution is 0.0553. The number of carbonyl (C=O) groups excluding carboxylic acids is 1. The number of benzene rings is 1. The van der Waals surface area contributed by atoms with Crippen LogP contribution in [0.15, 0.2) is 28.7 Å². The van der Waals surface area contributed by atoms with E-state index in [4.69, 9.17) is 4.74 Å². The van der Waals surface area contributed by atoms with Crippen LogP contribution in [0, 0.1) is 5.92 Å². The highest BCUT2D eigenvalue weighted by molar-refractivity contribution is 9.10. The number of ketones is 1. The molecule has 0 radical (unpaired) electrons.